The predicted molar refractivity (Wildman–Crippen MR) is 126 cm³/mol. The highest BCUT2D eigenvalue weighted by atomic mass is 32.2. The van der Waals surface area contributed by atoms with Gasteiger partial charge in [0.25, 0.3) is 0 Å². The van der Waals surface area contributed by atoms with Crippen LogP contribution in [-0.4, -0.2) is 34.0 Å². The van der Waals surface area contributed by atoms with Crippen LogP contribution in [0.15, 0.2) is 65.6 Å². The van der Waals surface area contributed by atoms with Crippen molar-refractivity contribution in [3.8, 4) is 0 Å². The fourth-order valence-corrected chi connectivity index (χ4v) is 5.11. The SMILES string of the molecule is Cc1ccc(N2C(=O)C[C@H](Sc3ccc(NC(=O)[C@@H]4CC=CC[C@H]4C(=O)O)cc3)C2=O)cc1. The van der Waals surface area contributed by atoms with E-state index in [1.807, 2.05) is 25.1 Å². The van der Waals surface area contributed by atoms with E-state index < -0.39 is 23.1 Å². The molecule has 2 aliphatic rings. The van der Waals surface area contributed by atoms with Crippen molar-refractivity contribution >= 4 is 46.8 Å². The van der Waals surface area contributed by atoms with Gasteiger partial charge in [0.2, 0.25) is 17.7 Å². The van der Waals surface area contributed by atoms with Crippen LogP contribution in [-0.2, 0) is 19.2 Å². The summed E-state index contributed by atoms with van der Waals surface area (Å²) in [6.45, 7) is 1.94. The molecule has 0 radical (unpaired) electrons. The number of nitrogens with zero attached hydrogens (tertiary/aromatic N) is 1. The number of aliphatic carboxylic acids is 1. The summed E-state index contributed by atoms with van der Waals surface area (Å²) >= 11 is 1.31. The highest BCUT2D eigenvalue weighted by molar-refractivity contribution is 8.00. The Morgan fingerprint density at radius 3 is 2.24 bits per heavy atom. The van der Waals surface area contributed by atoms with Crippen LogP contribution in [0.4, 0.5) is 11.4 Å². The highest BCUT2D eigenvalue weighted by Crippen LogP contribution is 2.35. The topological polar surface area (TPSA) is 104 Å². The van der Waals surface area contributed by atoms with Crippen LogP contribution in [0.3, 0.4) is 0 Å². The van der Waals surface area contributed by atoms with E-state index in [0.29, 0.717) is 24.2 Å². The van der Waals surface area contributed by atoms with Crippen molar-refractivity contribution in [2.45, 2.75) is 36.3 Å². The van der Waals surface area contributed by atoms with Crippen molar-refractivity contribution in [1.82, 2.24) is 0 Å². The summed E-state index contributed by atoms with van der Waals surface area (Å²) in [6, 6.07) is 14.3. The first-order valence-electron chi connectivity index (χ1n) is 10.7. The van der Waals surface area contributed by atoms with Crippen LogP contribution in [0.5, 0.6) is 0 Å². The van der Waals surface area contributed by atoms with Gasteiger partial charge in [0, 0.05) is 17.0 Å². The number of allylic oxidation sites excluding steroid dienone is 2. The van der Waals surface area contributed by atoms with E-state index >= 15 is 0 Å². The van der Waals surface area contributed by atoms with Gasteiger partial charge in [-0.05, 0) is 56.2 Å². The van der Waals surface area contributed by atoms with E-state index in [2.05, 4.69) is 5.32 Å². The zero-order valence-electron chi connectivity index (χ0n) is 18.1. The van der Waals surface area contributed by atoms with Crippen molar-refractivity contribution in [2.24, 2.45) is 11.8 Å². The first-order chi connectivity index (χ1) is 15.8. The van der Waals surface area contributed by atoms with Crippen LogP contribution < -0.4 is 10.2 Å². The summed E-state index contributed by atoms with van der Waals surface area (Å²) in [7, 11) is 0. The fraction of sp³-hybridized carbons (Fsp3) is 0.280. The van der Waals surface area contributed by atoms with Crippen molar-refractivity contribution in [2.75, 3.05) is 10.2 Å². The maximum atomic E-state index is 12.9. The molecule has 4 rings (SSSR count). The lowest BCUT2D eigenvalue weighted by Gasteiger charge is -2.24. The van der Waals surface area contributed by atoms with E-state index in [0.717, 1.165) is 10.5 Å². The standard InChI is InChI=1S/C25H24N2O5S/c1-15-6-10-17(11-7-15)27-22(28)14-21(24(27)30)33-18-12-8-16(9-13-18)26-23(29)19-4-2-3-5-20(19)25(31)32/h2-3,6-13,19-21H,4-5,14H2,1H3,(H,26,29)(H,31,32)/t19-,20-,21+/m1/s1. The van der Waals surface area contributed by atoms with Gasteiger partial charge in [-0.2, -0.15) is 0 Å². The van der Waals surface area contributed by atoms with E-state index in [9.17, 15) is 24.3 Å². The van der Waals surface area contributed by atoms with Gasteiger partial charge in [0.15, 0.2) is 0 Å². The lowest BCUT2D eigenvalue weighted by atomic mass is 9.82. The van der Waals surface area contributed by atoms with Crippen molar-refractivity contribution in [3.05, 3.63) is 66.2 Å². The minimum atomic E-state index is -0.971. The second kappa shape index (κ2) is 9.62. The Morgan fingerprint density at radius 2 is 1.61 bits per heavy atom. The van der Waals surface area contributed by atoms with Crippen LogP contribution in [0, 0.1) is 18.8 Å². The fourth-order valence-electron chi connectivity index (χ4n) is 4.05. The minimum Gasteiger partial charge on any atom is -0.481 e. The maximum absolute atomic E-state index is 12.9. The Balaban J connectivity index is 1.39. The number of nitrogens with one attached hydrogen (secondary N) is 1. The van der Waals surface area contributed by atoms with Crippen LogP contribution >= 0.6 is 11.8 Å². The number of carboxylic acid groups (broad SMARTS) is 1. The molecule has 0 aromatic heterocycles. The molecular formula is C25H24N2O5S. The predicted octanol–water partition coefficient (Wildman–Crippen LogP) is 4.02. The Morgan fingerprint density at radius 1 is 0.970 bits per heavy atom. The number of rotatable bonds is 6. The van der Waals surface area contributed by atoms with Gasteiger partial charge in [-0.25, -0.2) is 4.90 Å². The van der Waals surface area contributed by atoms with E-state index in [-0.39, 0.29) is 24.1 Å². The van der Waals surface area contributed by atoms with Gasteiger partial charge in [-0.15, -0.1) is 11.8 Å². The summed E-state index contributed by atoms with van der Waals surface area (Å²) < 4.78 is 0. The number of benzene rings is 2. The third-order valence-electron chi connectivity index (χ3n) is 5.88. The quantitative estimate of drug-likeness (QED) is 0.494. The van der Waals surface area contributed by atoms with Gasteiger partial charge in [0.05, 0.1) is 22.8 Å². The molecule has 0 bridgehead atoms. The summed E-state index contributed by atoms with van der Waals surface area (Å²) in [4.78, 5) is 51.4. The average Bonchev–Trinajstić information content (AvgIpc) is 3.08. The molecule has 2 N–H and O–H groups in total. The molecule has 1 aliphatic carbocycles. The molecule has 1 saturated heterocycles. The largest absolute Gasteiger partial charge is 0.481 e. The smallest absolute Gasteiger partial charge is 0.307 e. The van der Waals surface area contributed by atoms with Gasteiger partial charge < -0.3 is 10.4 Å². The van der Waals surface area contributed by atoms with Gasteiger partial charge >= 0.3 is 5.97 Å². The lowest BCUT2D eigenvalue weighted by Crippen LogP contribution is -2.34. The summed E-state index contributed by atoms with van der Waals surface area (Å²) in [5.74, 6) is -3.10. The van der Waals surface area contributed by atoms with Gasteiger partial charge in [0.1, 0.15) is 0 Å². The van der Waals surface area contributed by atoms with Crippen molar-refractivity contribution < 1.29 is 24.3 Å². The molecule has 3 atom stereocenters. The lowest BCUT2D eigenvalue weighted by molar-refractivity contribution is -0.146. The number of imide groups is 1. The van der Waals surface area contributed by atoms with Crippen LogP contribution in [0.25, 0.3) is 0 Å². The Kier molecular flexibility index (Phi) is 6.65. The highest BCUT2D eigenvalue weighted by Gasteiger charge is 2.40. The van der Waals surface area contributed by atoms with Crippen LogP contribution in [0.2, 0.25) is 0 Å². The molecule has 1 fully saturated rings. The number of anilines is 2. The average molecular weight is 465 g/mol. The molecule has 1 aliphatic heterocycles. The molecule has 0 unspecified atom stereocenters. The summed E-state index contributed by atoms with van der Waals surface area (Å²) in [5, 5.41) is 11.6. The molecule has 2 aromatic carbocycles. The molecule has 8 heteroatoms. The Labute approximate surface area is 195 Å². The zero-order chi connectivity index (χ0) is 23.5. The number of carboxylic acids is 1. The number of carbonyl (C=O) groups is 4. The molecule has 0 spiro atoms. The number of thioether (sulfide) groups is 1. The molecule has 0 saturated carbocycles. The van der Waals surface area contributed by atoms with Gasteiger partial charge in [-0.3, -0.25) is 19.2 Å². The molecule has 1 heterocycles. The first-order valence-corrected chi connectivity index (χ1v) is 11.6. The normalized spacial score (nSPS) is 22.5. The Hall–Kier alpha value is -3.39. The van der Waals surface area contributed by atoms with Gasteiger partial charge in [-0.1, -0.05) is 29.8 Å². The Bertz CT molecular complexity index is 1110. The number of hydrogen-bond donors (Lipinski definition) is 2. The first kappa shape index (κ1) is 22.8. The van der Waals surface area contributed by atoms with Crippen molar-refractivity contribution in [3.63, 3.8) is 0 Å². The maximum Gasteiger partial charge on any atom is 0.307 e. The van der Waals surface area contributed by atoms with E-state index in [4.69, 9.17) is 0 Å². The summed E-state index contributed by atoms with van der Waals surface area (Å²) in [5.41, 5.74) is 2.18. The molecule has 2 aromatic rings. The number of carbonyl (C=O) groups excluding carboxylic acids is 3. The second-order valence-electron chi connectivity index (χ2n) is 8.22. The van der Waals surface area contributed by atoms with E-state index in [1.165, 1.54) is 16.7 Å². The second-order valence-corrected chi connectivity index (χ2v) is 9.50. The molecular weight excluding hydrogens is 440 g/mol. The molecule has 170 valence electrons. The number of aryl methyl sites for hydroxylation is 1. The molecule has 33 heavy (non-hydrogen) atoms. The third kappa shape index (κ3) is 5.01. The monoisotopic (exact) mass is 464 g/mol. The molecule has 3 amide bonds. The molecule has 7 nitrogen and oxygen atoms in total. The van der Waals surface area contributed by atoms with Crippen LogP contribution in [0.1, 0.15) is 24.8 Å². The minimum absolute atomic E-state index is 0.127. The summed E-state index contributed by atoms with van der Waals surface area (Å²) in [6.07, 6.45) is 4.50. The zero-order valence-corrected chi connectivity index (χ0v) is 18.9. The van der Waals surface area contributed by atoms with E-state index in [1.54, 1.807) is 42.5 Å². The number of hydrogen-bond acceptors (Lipinski definition) is 5. The number of amides is 3. The third-order valence-corrected chi connectivity index (χ3v) is 7.08. The van der Waals surface area contributed by atoms with Crippen molar-refractivity contribution in [1.29, 1.82) is 0 Å².